The first kappa shape index (κ1) is 10.4. The van der Waals surface area contributed by atoms with Gasteiger partial charge in [0.15, 0.2) is 0 Å². The van der Waals surface area contributed by atoms with Gasteiger partial charge in [-0.3, -0.25) is 0 Å². The molecule has 2 atom stereocenters. The van der Waals surface area contributed by atoms with Gasteiger partial charge in [-0.05, 0) is 44.8 Å². The maximum atomic E-state index is 5.08. The van der Waals surface area contributed by atoms with Gasteiger partial charge < -0.3 is 14.6 Å². The number of nitrogens with zero attached hydrogens (tertiary/aromatic N) is 1. The molecule has 0 saturated carbocycles. The molecule has 0 amide bonds. The van der Waals surface area contributed by atoms with E-state index in [1.165, 1.54) is 44.3 Å². The monoisotopic (exact) mass is 220 g/mol. The molecule has 3 rings (SSSR count). The molecule has 0 aromatic carbocycles. The number of nitrogens with one attached hydrogen (secondary N) is 1. The van der Waals surface area contributed by atoms with Crippen molar-refractivity contribution in [2.75, 3.05) is 13.1 Å². The van der Waals surface area contributed by atoms with Crippen LogP contribution in [-0.4, -0.2) is 30.1 Å². The summed E-state index contributed by atoms with van der Waals surface area (Å²) in [7, 11) is 0. The maximum Gasteiger partial charge on any atom is 0.0947 e. The predicted octanol–water partition coefficient (Wildman–Crippen LogP) is 2.00. The molecule has 2 fully saturated rings. The fraction of sp³-hybridized carbons (Fsp3) is 0.692. The van der Waals surface area contributed by atoms with Gasteiger partial charge in [-0.1, -0.05) is 0 Å². The minimum absolute atomic E-state index is 0.703. The van der Waals surface area contributed by atoms with E-state index in [2.05, 4.69) is 10.2 Å². The van der Waals surface area contributed by atoms with Gasteiger partial charge in [-0.15, -0.1) is 0 Å². The fourth-order valence-corrected chi connectivity index (χ4v) is 3.07. The zero-order chi connectivity index (χ0) is 10.8. The number of hydrogen-bond acceptors (Lipinski definition) is 3. The Hall–Kier alpha value is -0.800. The number of furan rings is 1. The highest BCUT2D eigenvalue weighted by Gasteiger charge is 2.31. The van der Waals surface area contributed by atoms with Crippen LogP contribution in [0.15, 0.2) is 23.0 Å². The summed E-state index contributed by atoms with van der Waals surface area (Å²) in [5.74, 6) is 0. The van der Waals surface area contributed by atoms with Gasteiger partial charge in [0, 0.05) is 24.2 Å². The second kappa shape index (κ2) is 4.60. The Kier molecular flexibility index (Phi) is 2.98. The molecule has 0 aliphatic carbocycles. The third kappa shape index (κ3) is 2.15. The van der Waals surface area contributed by atoms with Crippen LogP contribution >= 0.6 is 0 Å². The molecule has 16 heavy (non-hydrogen) atoms. The first-order valence-electron chi connectivity index (χ1n) is 6.40. The van der Waals surface area contributed by atoms with E-state index < -0.39 is 0 Å². The van der Waals surface area contributed by atoms with Crippen LogP contribution in [0.1, 0.15) is 31.2 Å². The van der Waals surface area contributed by atoms with Crippen molar-refractivity contribution in [2.24, 2.45) is 0 Å². The van der Waals surface area contributed by atoms with Gasteiger partial charge >= 0.3 is 0 Å². The molecule has 88 valence electrons. The second-order valence-electron chi connectivity index (χ2n) is 5.07. The SMILES string of the molecule is c1cc(CNC2CCN3CCCC3C2)co1. The largest absolute Gasteiger partial charge is 0.472 e. The third-order valence-corrected chi connectivity index (χ3v) is 4.00. The van der Waals surface area contributed by atoms with E-state index in [0.29, 0.717) is 6.04 Å². The van der Waals surface area contributed by atoms with Crippen molar-refractivity contribution in [2.45, 2.75) is 44.3 Å². The molecule has 2 aliphatic rings. The van der Waals surface area contributed by atoms with Gasteiger partial charge in [-0.25, -0.2) is 0 Å². The van der Waals surface area contributed by atoms with Gasteiger partial charge in [0.1, 0.15) is 0 Å². The zero-order valence-electron chi connectivity index (χ0n) is 9.69. The van der Waals surface area contributed by atoms with Gasteiger partial charge in [0.2, 0.25) is 0 Å². The average Bonchev–Trinajstić information content (AvgIpc) is 2.97. The number of piperidine rings is 1. The normalized spacial score (nSPS) is 30.5. The van der Waals surface area contributed by atoms with Crippen molar-refractivity contribution < 1.29 is 4.42 Å². The molecule has 0 bridgehead atoms. The summed E-state index contributed by atoms with van der Waals surface area (Å²) in [6, 6.07) is 3.60. The number of hydrogen-bond donors (Lipinski definition) is 1. The highest BCUT2D eigenvalue weighted by Crippen LogP contribution is 2.26. The molecule has 0 spiro atoms. The third-order valence-electron chi connectivity index (χ3n) is 4.00. The van der Waals surface area contributed by atoms with E-state index in [1.807, 2.05) is 12.3 Å². The van der Waals surface area contributed by atoms with E-state index in [1.54, 1.807) is 6.26 Å². The topological polar surface area (TPSA) is 28.4 Å². The Morgan fingerprint density at radius 1 is 1.38 bits per heavy atom. The van der Waals surface area contributed by atoms with Crippen LogP contribution in [0, 0.1) is 0 Å². The first-order valence-corrected chi connectivity index (χ1v) is 6.40. The standard InChI is InChI=1S/C13H20N2O/c1-2-13-8-12(3-6-15(13)5-1)14-9-11-4-7-16-10-11/h4,7,10,12-14H,1-3,5-6,8-9H2. The minimum atomic E-state index is 0.703. The highest BCUT2D eigenvalue weighted by atomic mass is 16.3. The summed E-state index contributed by atoms with van der Waals surface area (Å²) in [4.78, 5) is 2.66. The lowest BCUT2D eigenvalue weighted by Gasteiger charge is -2.35. The van der Waals surface area contributed by atoms with Gasteiger partial charge in [0.05, 0.1) is 12.5 Å². The van der Waals surface area contributed by atoms with Crippen molar-refractivity contribution in [1.29, 1.82) is 0 Å². The molecule has 1 N–H and O–H groups in total. The molecule has 3 heterocycles. The van der Waals surface area contributed by atoms with Crippen molar-refractivity contribution in [3.05, 3.63) is 24.2 Å². The van der Waals surface area contributed by atoms with Crippen molar-refractivity contribution >= 4 is 0 Å². The summed E-state index contributed by atoms with van der Waals surface area (Å²) in [5.41, 5.74) is 1.26. The van der Waals surface area contributed by atoms with Crippen LogP contribution in [0.3, 0.4) is 0 Å². The summed E-state index contributed by atoms with van der Waals surface area (Å²) in [6.45, 7) is 3.57. The minimum Gasteiger partial charge on any atom is -0.472 e. The molecule has 3 nitrogen and oxygen atoms in total. The smallest absolute Gasteiger partial charge is 0.0947 e. The molecule has 2 saturated heterocycles. The molecule has 0 radical (unpaired) electrons. The molecule has 1 aromatic rings. The fourth-order valence-electron chi connectivity index (χ4n) is 3.07. The summed E-state index contributed by atoms with van der Waals surface area (Å²) in [5, 5.41) is 3.65. The van der Waals surface area contributed by atoms with E-state index >= 15 is 0 Å². The lowest BCUT2D eigenvalue weighted by molar-refractivity contribution is 0.166. The zero-order valence-corrected chi connectivity index (χ0v) is 9.69. The highest BCUT2D eigenvalue weighted by molar-refractivity contribution is 5.05. The number of rotatable bonds is 3. The first-order chi connectivity index (χ1) is 7.92. The summed E-state index contributed by atoms with van der Waals surface area (Å²) < 4.78 is 5.08. The summed E-state index contributed by atoms with van der Waals surface area (Å²) in [6.07, 6.45) is 9.02. The Morgan fingerprint density at radius 3 is 3.25 bits per heavy atom. The van der Waals surface area contributed by atoms with E-state index in [0.717, 1.165) is 12.6 Å². The Morgan fingerprint density at radius 2 is 2.38 bits per heavy atom. The van der Waals surface area contributed by atoms with E-state index in [-0.39, 0.29) is 0 Å². The number of fused-ring (bicyclic) bond motifs is 1. The van der Waals surface area contributed by atoms with E-state index in [4.69, 9.17) is 4.42 Å². The Balaban J connectivity index is 1.49. The molecule has 1 aromatic heterocycles. The van der Waals surface area contributed by atoms with Crippen molar-refractivity contribution in [1.82, 2.24) is 10.2 Å². The molecule has 3 heteroatoms. The van der Waals surface area contributed by atoms with Gasteiger partial charge in [-0.2, -0.15) is 0 Å². The van der Waals surface area contributed by atoms with Crippen LogP contribution < -0.4 is 5.32 Å². The summed E-state index contributed by atoms with van der Waals surface area (Å²) >= 11 is 0. The quantitative estimate of drug-likeness (QED) is 0.844. The van der Waals surface area contributed by atoms with Crippen molar-refractivity contribution in [3.8, 4) is 0 Å². The average molecular weight is 220 g/mol. The van der Waals surface area contributed by atoms with Gasteiger partial charge in [0.25, 0.3) is 0 Å². The van der Waals surface area contributed by atoms with Crippen molar-refractivity contribution in [3.63, 3.8) is 0 Å². The second-order valence-corrected chi connectivity index (χ2v) is 5.07. The van der Waals surface area contributed by atoms with Crippen LogP contribution in [0.25, 0.3) is 0 Å². The van der Waals surface area contributed by atoms with Crippen LogP contribution in [0.5, 0.6) is 0 Å². The van der Waals surface area contributed by atoms with Crippen LogP contribution in [0.2, 0.25) is 0 Å². The Labute approximate surface area is 96.8 Å². The van der Waals surface area contributed by atoms with E-state index in [9.17, 15) is 0 Å². The maximum absolute atomic E-state index is 5.08. The Bertz CT molecular complexity index is 323. The predicted molar refractivity (Wildman–Crippen MR) is 63.2 cm³/mol. The lowest BCUT2D eigenvalue weighted by Crippen LogP contribution is -2.45. The van der Waals surface area contributed by atoms with Crippen LogP contribution in [-0.2, 0) is 6.54 Å². The molecule has 2 unspecified atom stereocenters. The molecule has 2 aliphatic heterocycles. The lowest BCUT2D eigenvalue weighted by atomic mass is 9.97. The van der Waals surface area contributed by atoms with Crippen LogP contribution in [0.4, 0.5) is 0 Å². The molecular formula is C13H20N2O. The molecular weight excluding hydrogens is 200 g/mol.